The highest BCUT2D eigenvalue weighted by molar-refractivity contribution is 5.39. The Labute approximate surface area is 123 Å². The van der Waals surface area contributed by atoms with Gasteiger partial charge in [0.1, 0.15) is 5.75 Å². The van der Waals surface area contributed by atoms with Gasteiger partial charge in [-0.2, -0.15) is 0 Å². The summed E-state index contributed by atoms with van der Waals surface area (Å²) in [6.07, 6.45) is 2.19. The molecule has 0 spiro atoms. The number of hydrogen-bond donors (Lipinski definition) is 1. The molecule has 0 amide bonds. The third-order valence-electron chi connectivity index (χ3n) is 3.76. The Balaban J connectivity index is 1.67. The summed E-state index contributed by atoms with van der Waals surface area (Å²) >= 11 is 0. The summed E-state index contributed by atoms with van der Waals surface area (Å²) in [5.74, 6) is 1.81. The van der Waals surface area contributed by atoms with Gasteiger partial charge in [-0.1, -0.05) is 26.0 Å². The van der Waals surface area contributed by atoms with E-state index in [-0.39, 0.29) is 0 Å². The minimum atomic E-state index is 0.730. The first-order valence-electron chi connectivity index (χ1n) is 7.79. The second kappa shape index (κ2) is 7.65. The van der Waals surface area contributed by atoms with Crippen LogP contribution in [0.2, 0.25) is 0 Å². The average Bonchev–Trinajstić information content (AvgIpc) is 2.88. The Kier molecular flexibility index (Phi) is 5.86. The van der Waals surface area contributed by atoms with Crippen LogP contribution in [0.5, 0.6) is 5.75 Å². The Morgan fingerprint density at radius 3 is 2.95 bits per heavy atom. The van der Waals surface area contributed by atoms with E-state index in [4.69, 9.17) is 4.74 Å². The highest BCUT2D eigenvalue weighted by atomic mass is 16.5. The van der Waals surface area contributed by atoms with Crippen molar-refractivity contribution in [3.63, 3.8) is 0 Å². The van der Waals surface area contributed by atoms with Crippen LogP contribution in [0.15, 0.2) is 18.2 Å². The molecule has 0 saturated carbocycles. The van der Waals surface area contributed by atoms with Gasteiger partial charge in [-0.3, -0.25) is 0 Å². The first-order chi connectivity index (χ1) is 9.65. The lowest BCUT2D eigenvalue weighted by atomic mass is 10.1. The molecule has 1 aliphatic heterocycles. The summed E-state index contributed by atoms with van der Waals surface area (Å²) in [6.45, 7) is 9.75. The lowest BCUT2D eigenvalue weighted by molar-refractivity contribution is 0.332. The van der Waals surface area contributed by atoms with E-state index >= 15 is 0 Å². The van der Waals surface area contributed by atoms with Crippen molar-refractivity contribution in [2.24, 2.45) is 5.92 Å². The molecule has 1 aliphatic rings. The van der Waals surface area contributed by atoms with Crippen LogP contribution in [0.25, 0.3) is 0 Å². The molecule has 20 heavy (non-hydrogen) atoms. The van der Waals surface area contributed by atoms with Gasteiger partial charge in [-0.25, -0.2) is 0 Å². The van der Waals surface area contributed by atoms with E-state index < -0.39 is 0 Å². The van der Waals surface area contributed by atoms with Crippen LogP contribution < -0.4 is 10.1 Å². The smallest absolute Gasteiger partial charge is 0.122 e. The second-order valence-electron chi connectivity index (χ2n) is 6.19. The highest BCUT2D eigenvalue weighted by Gasteiger charge is 2.11. The van der Waals surface area contributed by atoms with Crippen molar-refractivity contribution in [3.05, 3.63) is 29.3 Å². The molecule has 0 unspecified atom stereocenters. The first-order valence-corrected chi connectivity index (χ1v) is 7.79. The summed E-state index contributed by atoms with van der Waals surface area (Å²) in [4.78, 5) is 2.40. The van der Waals surface area contributed by atoms with Crippen LogP contribution in [0.4, 0.5) is 0 Å². The normalized spacial score (nSPS) is 13.8. The van der Waals surface area contributed by atoms with Crippen molar-refractivity contribution in [2.45, 2.75) is 26.7 Å². The number of ether oxygens (including phenoxy) is 1. The Bertz CT molecular complexity index is 417. The van der Waals surface area contributed by atoms with Crippen LogP contribution in [0, 0.1) is 5.92 Å². The van der Waals surface area contributed by atoms with Gasteiger partial charge in [0, 0.05) is 26.1 Å². The summed E-state index contributed by atoms with van der Waals surface area (Å²) in [5.41, 5.74) is 2.81. The molecular weight excluding hydrogens is 248 g/mol. The number of nitrogens with zero attached hydrogens (tertiary/aromatic N) is 1. The van der Waals surface area contributed by atoms with Crippen molar-refractivity contribution < 1.29 is 4.74 Å². The number of fused-ring (bicyclic) bond motifs is 1. The molecule has 0 radical (unpaired) electrons. The zero-order valence-electron chi connectivity index (χ0n) is 13.1. The minimum absolute atomic E-state index is 0.730. The number of benzene rings is 1. The molecule has 0 fully saturated rings. The molecule has 0 aliphatic carbocycles. The molecule has 1 heterocycles. The summed E-state index contributed by atoms with van der Waals surface area (Å²) < 4.78 is 5.55. The summed E-state index contributed by atoms with van der Waals surface area (Å²) in [6, 6.07) is 6.64. The molecule has 0 saturated heterocycles. The predicted octanol–water partition coefficient (Wildman–Crippen LogP) is 2.34. The SMILES string of the molecule is CC(C)CNCCN(C)CCc1ccc2c(c1)CCO2. The molecule has 2 rings (SSSR count). The lowest BCUT2D eigenvalue weighted by Crippen LogP contribution is -2.32. The standard InChI is InChI=1S/C17H28N2O/c1-14(2)13-18-8-10-19(3)9-6-15-4-5-17-16(12-15)7-11-20-17/h4-5,12,14,18H,6-11,13H2,1-3H3. The van der Waals surface area contributed by atoms with Gasteiger partial charge < -0.3 is 15.0 Å². The monoisotopic (exact) mass is 276 g/mol. The largest absolute Gasteiger partial charge is 0.493 e. The lowest BCUT2D eigenvalue weighted by Gasteiger charge is -2.17. The third kappa shape index (κ3) is 4.80. The number of nitrogens with one attached hydrogen (secondary N) is 1. The maximum Gasteiger partial charge on any atom is 0.122 e. The quantitative estimate of drug-likeness (QED) is 0.738. The van der Waals surface area contributed by atoms with Crippen molar-refractivity contribution in [2.75, 3.05) is 39.8 Å². The van der Waals surface area contributed by atoms with Crippen LogP contribution in [0.1, 0.15) is 25.0 Å². The zero-order valence-corrected chi connectivity index (χ0v) is 13.1. The third-order valence-corrected chi connectivity index (χ3v) is 3.76. The van der Waals surface area contributed by atoms with Crippen molar-refractivity contribution in [1.82, 2.24) is 10.2 Å². The van der Waals surface area contributed by atoms with E-state index in [1.165, 1.54) is 11.1 Å². The zero-order chi connectivity index (χ0) is 14.4. The van der Waals surface area contributed by atoms with Crippen LogP contribution in [-0.2, 0) is 12.8 Å². The Morgan fingerprint density at radius 2 is 2.15 bits per heavy atom. The van der Waals surface area contributed by atoms with Crippen molar-refractivity contribution >= 4 is 0 Å². The molecule has 0 bridgehead atoms. The number of hydrogen-bond acceptors (Lipinski definition) is 3. The fraction of sp³-hybridized carbons (Fsp3) is 0.647. The van der Waals surface area contributed by atoms with Crippen LogP contribution >= 0.6 is 0 Å². The Morgan fingerprint density at radius 1 is 1.30 bits per heavy atom. The van der Waals surface area contributed by atoms with E-state index in [1.54, 1.807) is 0 Å². The molecule has 112 valence electrons. The molecule has 3 nitrogen and oxygen atoms in total. The highest BCUT2D eigenvalue weighted by Crippen LogP contribution is 2.25. The topological polar surface area (TPSA) is 24.5 Å². The van der Waals surface area contributed by atoms with Gasteiger partial charge in [0.05, 0.1) is 6.61 Å². The molecule has 1 aromatic carbocycles. The maximum atomic E-state index is 5.55. The minimum Gasteiger partial charge on any atom is -0.493 e. The molecule has 1 aromatic rings. The van der Waals surface area contributed by atoms with E-state index in [9.17, 15) is 0 Å². The van der Waals surface area contributed by atoms with Gasteiger partial charge in [-0.15, -0.1) is 0 Å². The second-order valence-corrected chi connectivity index (χ2v) is 6.19. The van der Waals surface area contributed by atoms with Crippen LogP contribution in [-0.4, -0.2) is 44.7 Å². The van der Waals surface area contributed by atoms with Gasteiger partial charge in [0.25, 0.3) is 0 Å². The molecule has 3 heteroatoms. The van der Waals surface area contributed by atoms with Crippen LogP contribution in [0.3, 0.4) is 0 Å². The summed E-state index contributed by atoms with van der Waals surface area (Å²) in [7, 11) is 2.20. The molecule has 0 atom stereocenters. The van der Waals surface area contributed by atoms with E-state index in [1.807, 2.05) is 0 Å². The van der Waals surface area contributed by atoms with Gasteiger partial charge in [-0.05, 0) is 43.1 Å². The van der Waals surface area contributed by atoms with Gasteiger partial charge in [0.2, 0.25) is 0 Å². The average molecular weight is 276 g/mol. The van der Waals surface area contributed by atoms with Gasteiger partial charge >= 0.3 is 0 Å². The summed E-state index contributed by atoms with van der Waals surface area (Å²) in [5, 5.41) is 3.49. The van der Waals surface area contributed by atoms with E-state index in [0.29, 0.717) is 0 Å². The fourth-order valence-electron chi connectivity index (χ4n) is 2.49. The molecule has 0 aromatic heterocycles. The van der Waals surface area contributed by atoms with E-state index in [2.05, 4.69) is 49.3 Å². The van der Waals surface area contributed by atoms with Crippen molar-refractivity contribution in [1.29, 1.82) is 0 Å². The molecular formula is C17H28N2O. The number of rotatable bonds is 8. The maximum absolute atomic E-state index is 5.55. The predicted molar refractivity (Wildman–Crippen MR) is 84.5 cm³/mol. The Hall–Kier alpha value is -1.06. The molecule has 1 N–H and O–H groups in total. The van der Waals surface area contributed by atoms with Crippen molar-refractivity contribution in [3.8, 4) is 5.75 Å². The van der Waals surface area contributed by atoms with Gasteiger partial charge in [0.15, 0.2) is 0 Å². The number of likely N-dealkylation sites (N-methyl/N-ethyl adjacent to an activating group) is 1. The fourth-order valence-corrected chi connectivity index (χ4v) is 2.49. The van der Waals surface area contributed by atoms with E-state index in [0.717, 1.165) is 57.3 Å². The first kappa shape index (κ1) is 15.3.